The van der Waals surface area contributed by atoms with Gasteiger partial charge >= 0.3 is 0 Å². The Morgan fingerprint density at radius 2 is 1.29 bits per heavy atom. The number of nitrogens with zero attached hydrogens (tertiary/aromatic N) is 3. The number of para-hydroxylation sites is 2. The summed E-state index contributed by atoms with van der Waals surface area (Å²) >= 11 is 0. The fourth-order valence-electron chi connectivity index (χ4n) is 6.04. The maximum atomic E-state index is 6.45. The van der Waals surface area contributed by atoms with Crippen molar-refractivity contribution in [3.8, 4) is 0 Å². The van der Waals surface area contributed by atoms with Gasteiger partial charge in [-0.3, -0.25) is 9.88 Å². The number of anilines is 3. The van der Waals surface area contributed by atoms with Crippen molar-refractivity contribution >= 4 is 82.7 Å². The predicted octanol–water partition coefficient (Wildman–Crippen LogP) is 10.1. The summed E-state index contributed by atoms with van der Waals surface area (Å²) in [6, 6.07) is 39.5. The number of fused-ring (bicyclic) bond motifs is 9. The molecule has 9 rings (SSSR count). The topological polar surface area (TPSA) is 55.3 Å². The van der Waals surface area contributed by atoms with E-state index >= 15 is 0 Å². The second kappa shape index (κ2) is 8.41. The van der Waals surface area contributed by atoms with E-state index in [4.69, 9.17) is 13.8 Å². The molecule has 0 amide bonds. The third-order valence-electron chi connectivity index (χ3n) is 7.94. The van der Waals surface area contributed by atoms with Gasteiger partial charge in [0.05, 0.1) is 5.69 Å². The van der Waals surface area contributed by atoms with Gasteiger partial charge in [-0.05, 0) is 64.0 Å². The SMILES string of the molecule is c1ccc2c(c1)ccc1ccc(N(c3cc4oc5ccccc5c4cn3)c3cccc4c3oc3cccnc34)cc12. The quantitative estimate of drug-likeness (QED) is 0.214. The minimum Gasteiger partial charge on any atom is -0.456 e. The van der Waals surface area contributed by atoms with Crippen molar-refractivity contribution in [2.45, 2.75) is 0 Å². The van der Waals surface area contributed by atoms with Crippen LogP contribution in [-0.4, -0.2) is 9.97 Å². The van der Waals surface area contributed by atoms with E-state index in [2.05, 4.69) is 82.7 Å². The largest absolute Gasteiger partial charge is 0.456 e. The lowest BCUT2D eigenvalue weighted by Crippen LogP contribution is -2.11. The minimum absolute atomic E-state index is 0.733. The van der Waals surface area contributed by atoms with Crippen LogP contribution in [0.3, 0.4) is 0 Å². The number of pyridine rings is 2. The molecule has 0 saturated heterocycles. The molecule has 0 aliphatic rings. The van der Waals surface area contributed by atoms with Crippen molar-refractivity contribution < 1.29 is 8.83 Å². The van der Waals surface area contributed by atoms with Crippen molar-refractivity contribution in [3.63, 3.8) is 0 Å². The molecule has 4 heterocycles. The van der Waals surface area contributed by atoms with Crippen molar-refractivity contribution in [3.05, 3.63) is 128 Å². The summed E-state index contributed by atoms with van der Waals surface area (Å²) in [6.45, 7) is 0. The molecule has 0 aliphatic heterocycles. The molecule has 0 radical (unpaired) electrons. The number of aromatic nitrogens is 2. The van der Waals surface area contributed by atoms with Gasteiger partial charge in [-0.15, -0.1) is 0 Å². The zero-order chi connectivity index (χ0) is 26.9. The van der Waals surface area contributed by atoms with Gasteiger partial charge in [0, 0.05) is 40.3 Å². The summed E-state index contributed by atoms with van der Waals surface area (Å²) in [5.41, 5.74) is 5.82. The van der Waals surface area contributed by atoms with Crippen LogP contribution >= 0.6 is 0 Å². The van der Waals surface area contributed by atoms with E-state index in [0.717, 1.165) is 61.2 Å². The predicted molar refractivity (Wildman–Crippen MR) is 166 cm³/mol. The smallest absolute Gasteiger partial charge is 0.161 e. The van der Waals surface area contributed by atoms with E-state index in [0.29, 0.717) is 0 Å². The number of hydrogen-bond acceptors (Lipinski definition) is 5. The van der Waals surface area contributed by atoms with Crippen LogP contribution in [0, 0.1) is 0 Å². The first-order valence-corrected chi connectivity index (χ1v) is 13.6. The van der Waals surface area contributed by atoms with Crippen LogP contribution in [0.4, 0.5) is 17.2 Å². The van der Waals surface area contributed by atoms with E-state index < -0.39 is 0 Å². The molecule has 0 N–H and O–H groups in total. The summed E-state index contributed by atoms with van der Waals surface area (Å²) in [5, 5.41) is 7.76. The van der Waals surface area contributed by atoms with Crippen LogP contribution in [0.2, 0.25) is 0 Å². The Kier molecular flexibility index (Phi) is 4.55. The average molecular weight is 528 g/mol. The molecule has 0 spiro atoms. The molecule has 41 heavy (non-hydrogen) atoms. The Balaban J connectivity index is 1.35. The summed E-state index contributed by atoms with van der Waals surface area (Å²) in [6.07, 6.45) is 3.70. The van der Waals surface area contributed by atoms with Gasteiger partial charge in [0.15, 0.2) is 11.2 Å². The highest BCUT2D eigenvalue weighted by atomic mass is 16.3. The molecule has 5 heteroatoms. The third kappa shape index (κ3) is 3.29. The third-order valence-corrected chi connectivity index (χ3v) is 7.94. The Morgan fingerprint density at radius 1 is 0.512 bits per heavy atom. The molecule has 5 aromatic carbocycles. The summed E-state index contributed by atoms with van der Waals surface area (Å²) in [4.78, 5) is 11.8. The van der Waals surface area contributed by atoms with Gasteiger partial charge in [0.2, 0.25) is 0 Å². The van der Waals surface area contributed by atoms with Crippen LogP contribution < -0.4 is 4.90 Å². The van der Waals surface area contributed by atoms with Gasteiger partial charge in [-0.1, -0.05) is 66.7 Å². The lowest BCUT2D eigenvalue weighted by molar-refractivity contribution is 0.666. The zero-order valence-corrected chi connectivity index (χ0v) is 21.8. The molecular formula is C36H21N3O2. The van der Waals surface area contributed by atoms with E-state index in [-0.39, 0.29) is 0 Å². The molecule has 192 valence electrons. The second-order valence-electron chi connectivity index (χ2n) is 10.3. The lowest BCUT2D eigenvalue weighted by atomic mass is 10.0. The fourth-order valence-corrected chi connectivity index (χ4v) is 6.04. The standard InChI is InChI=1S/C36H21N3O2/c1-2-8-25-22(7-1)14-15-23-16-17-24(19-28(23)25)39(30-11-5-10-27-35-32(41-36(27)30)13-6-18-37-35)34-20-33-29(21-38-34)26-9-3-4-12-31(26)40-33/h1-21H. The monoisotopic (exact) mass is 527 g/mol. The fraction of sp³-hybridized carbons (Fsp3) is 0. The molecule has 0 unspecified atom stereocenters. The first-order chi connectivity index (χ1) is 20.3. The molecule has 0 aliphatic carbocycles. The van der Waals surface area contributed by atoms with E-state index in [1.165, 1.54) is 21.5 Å². The molecule has 0 bridgehead atoms. The van der Waals surface area contributed by atoms with Gasteiger partial charge in [-0.25, -0.2) is 4.98 Å². The Labute approximate surface area is 233 Å². The van der Waals surface area contributed by atoms with Gasteiger partial charge in [0.25, 0.3) is 0 Å². The van der Waals surface area contributed by atoms with Crippen molar-refractivity contribution in [1.29, 1.82) is 0 Å². The molecule has 0 fully saturated rings. The van der Waals surface area contributed by atoms with E-state index in [9.17, 15) is 0 Å². The normalized spacial score (nSPS) is 11.9. The molecule has 9 aromatic rings. The summed E-state index contributed by atoms with van der Waals surface area (Å²) < 4.78 is 12.7. The molecule has 5 nitrogen and oxygen atoms in total. The van der Waals surface area contributed by atoms with Crippen LogP contribution in [0.15, 0.2) is 136 Å². The highest BCUT2D eigenvalue weighted by Crippen LogP contribution is 2.43. The number of hydrogen-bond donors (Lipinski definition) is 0. The van der Waals surface area contributed by atoms with Crippen LogP contribution in [-0.2, 0) is 0 Å². The Hall–Kier alpha value is -5.68. The highest BCUT2D eigenvalue weighted by Gasteiger charge is 2.22. The molecule has 0 atom stereocenters. The summed E-state index contributed by atoms with van der Waals surface area (Å²) in [5.74, 6) is 0.733. The van der Waals surface area contributed by atoms with Crippen molar-refractivity contribution in [2.24, 2.45) is 0 Å². The van der Waals surface area contributed by atoms with Crippen molar-refractivity contribution in [1.82, 2.24) is 9.97 Å². The molecule has 0 saturated carbocycles. The zero-order valence-electron chi connectivity index (χ0n) is 21.8. The first-order valence-electron chi connectivity index (χ1n) is 13.6. The lowest BCUT2D eigenvalue weighted by Gasteiger charge is -2.24. The van der Waals surface area contributed by atoms with Gasteiger partial charge < -0.3 is 8.83 Å². The maximum absolute atomic E-state index is 6.45. The van der Waals surface area contributed by atoms with E-state index in [1.54, 1.807) is 6.20 Å². The average Bonchev–Trinajstić information content (AvgIpc) is 3.60. The highest BCUT2D eigenvalue weighted by molar-refractivity contribution is 6.11. The first kappa shape index (κ1) is 22.2. The Morgan fingerprint density at radius 3 is 2.24 bits per heavy atom. The van der Waals surface area contributed by atoms with Gasteiger partial charge in [0.1, 0.15) is 22.5 Å². The number of benzene rings is 5. The number of furan rings is 2. The van der Waals surface area contributed by atoms with Crippen LogP contribution in [0.5, 0.6) is 0 Å². The maximum Gasteiger partial charge on any atom is 0.161 e. The second-order valence-corrected chi connectivity index (χ2v) is 10.3. The Bertz CT molecular complexity index is 2450. The molecular weight excluding hydrogens is 506 g/mol. The van der Waals surface area contributed by atoms with Crippen molar-refractivity contribution in [2.75, 3.05) is 4.90 Å². The summed E-state index contributed by atoms with van der Waals surface area (Å²) in [7, 11) is 0. The van der Waals surface area contributed by atoms with Crippen LogP contribution in [0.1, 0.15) is 0 Å². The van der Waals surface area contributed by atoms with E-state index in [1.807, 2.05) is 48.7 Å². The number of rotatable bonds is 3. The minimum atomic E-state index is 0.733. The van der Waals surface area contributed by atoms with Gasteiger partial charge in [-0.2, -0.15) is 0 Å². The molecule has 4 aromatic heterocycles. The van der Waals surface area contributed by atoms with Crippen LogP contribution in [0.25, 0.3) is 65.6 Å².